The van der Waals surface area contributed by atoms with E-state index in [9.17, 15) is 0 Å². The molecule has 0 bridgehead atoms. The number of piperidine rings is 1. The zero-order valence-electron chi connectivity index (χ0n) is 11.8. The molecule has 0 radical (unpaired) electrons. The molecule has 20 heavy (non-hydrogen) atoms. The van der Waals surface area contributed by atoms with Crippen molar-refractivity contribution in [3.8, 4) is 0 Å². The molecule has 1 aromatic carbocycles. The molecule has 3 nitrogen and oxygen atoms in total. The second-order valence-corrected chi connectivity index (χ2v) is 5.89. The van der Waals surface area contributed by atoms with E-state index in [4.69, 9.17) is 4.42 Å². The number of furan rings is 1. The summed E-state index contributed by atoms with van der Waals surface area (Å²) in [6, 6.07) is 8.74. The van der Waals surface area contributed by atoms with Crippen LogP contribution in [0.4, 0.5) is 0 Å². The molecule has 0 amide bonds. The maximum absolute atomic E-state index is 6.21. The van der Waals surface area contributed by atoms with E-state index in [1.165, 1.54) is 23.8 Å². The van der Waals surface area contributed by atoms with Gasteiger partial charge >= 0.3 is 0 Å². The summed E-state index contributed by atoms with van der Waals surface area (Å²) < 4.78 is 6.21. The molecule has 2 aliphatic rings. The van der Waals surface area contributed by atoms with Crippen molar-refractivity contribution in [1.29, 1.82) is 0 Å². The van der Waals surface area contributed by atoms with Gasteiger partial charge in [-0.1, -0.05) is 18.2 Å². The van der Waals surface area contributed by atoms with Gasteiger partial charge in [0, 0.05) is 24.2 Å². The molecule has 1 N–H and O–H groups in total. The lowest BCUT2D eigenvalue weighted by atomic mass is 9.85. The summed E-state index contributed by atoms with van der Waals surface area (Å²) in [6.07, 6.45) is 6.84. The number of benzene rings is 1. The Morgan fingerprint density at radius 1 is 1.20 bits per heavy atom. The Labute approximate surface area is 119 Å². The van der Waals surface area contributed by atoms with Crippen LogP contribution in [-0.4, -0.2) is 25.0 Å². The smallest absolute Gasteiger partial charge is 0.135 e. The summed E-state index contributed by atoms with van der Waals surface area (Å²) in [7, 11) is 2.17. The van der Waals surface area contributed by atoms with Crippen molar-refractivity contribution in [2.24, 2.45) is 5.92 Å². The predicted molar refractivity (Wildman–Crippen MR) is 81.3 cm³/mol. The molecular formula is C17H20N2O. The Morgan fingerprint density at radius 2 is 2.00 bits per heavy atom. The van der Waals surface area contributed by atoms with Crippen LogP contribution in [0.2, 0.25) is 0 Å². The molecule has 1 fully saturated rings. The fourth-order valence-corrected chi connectivity index (χ4v) is 3.65. The maximum atomic E-state index is 6.21. The number of hydrogen-bond donors (Lipinski definition) is 1. The van der Waals surface area contributed by atoms with Crippen molar-refractivity contribution in [1.82, 2.24) is 10.2 Å². The Kier molecular flexibility index (Phi) is 2.81. The molecule has 1 saturated heterocycles. The lowest BCUT2D eigenvalue weighted by molar-refractivity contribution is 0.171. The van der Waals surface area contributed by atoms with E-state index in [1.807, 2.05) is 6.07 Å². The highest BCUT2D eigenvalue weighted by Crippen LogP contribution is 2.42. The summed E-state index contributed by atoms with van der Waals surface area (Å²) in [5, 5.41) is 4.69. The summed E-state index contributed by atoms with van der Waals surface area (Å²) in [4.78, 5) is 2.32. The van der Waals surface area contributed by atoms with E-state index in [0.717, 1.165) is 24.4 Å². The monoisotopic (exact) mass is 268 g/mol. The number of para-hydroxylation sites is 1. The molecule has 0 aliphatic carbocycles. The zero-order valence-corrected chi connectivity index (χ0v) is 11.8. The third-order valence-electron chi connectivity index (χ3n) is 4.68. The molecule has 1 unspecified atom stereocenters. The fourth-order valence-electron chi connectivity index (χ4n) is 3.65. The minimum Gasteiger partial charge on any atom is -0.458 e. The summed E-state index contributed by atoms with van der Waals surface area (Å²) in [5.74, 6) is 1.83. The van der Waals surface area contributed by atoms with Crippen molar-refractivity contribution in [3.63, 3.8) is 0 Å². The zero-order chi connectivity index (χ0) is 13.5. The van der Waals surface area contributed by atoms with E-state index >= 15 is 0 Å². The van der Waals surface area contributed by atoms with Gasteiger partial charge in [0.25, 0.3) is 0 Å². The SMILES string of the molecule is CN1C=Cc2c(oc3ccccc23)C1C1CCNCC1. The van der Waals surface area contributed by atoms with Crippen LogP contribution in [0.25, 0.3) is 17.0 Å². The van der Waals surface area contributed by atoms with Crippen LogP contribution >= 0.6 is 0 Å². The standard InChI is InChI=1S/C17H20N2O/c1-19-11-8-14-13-4-2-3-5-15(13)20-17(14)16(19)12-6-9-18-10-7-12/h2-5,8,11-12,16,18H,6-7,9-10H2,1H3. The molecule has 4 rings (SSSR count). The third kappa shape index (κ3) is 1.77. The second-order valence-electron chi connectivity index (χ2n) is 5.89. The van der Waals surface area contributed by atoms with Gasteiger partial charge in [0.2, 0.25) is 0 Å². The number of rotatable bonds is 1. The van der Waals surface area contributed by atoms with E-state index < -0.39 is 0 Å². The highest BCUT2D eigenvalue weighted by atomic mass is 16.3. The first kappa shape index (κ1) is 12.0. The lowest BCUT2D eigenvalue weighted by Crippen LogP contribution is -2.36. The van der Waals surface area contributed by atoms with Crippen LogP contribution in [0, 0.1) is 5.92 Å². The van der Waals surface area contributed by atoms with Gasteiger partial charge < -0.3 is 14.6 Å². The Bertz CT molecular complexity index is 652. The minimum atomic E-state index is 0.379. The van der Waals surface area contributed by atoms with Gasteiger partial charge in [-0.05, 0) is 44.0 Å². The van der Waals surface area contributed by atoms with E-state index in [2.05, 4.69) is 47.7 Å². The summed E-state index contributed by atoms with van der Waals surface area (Å²) in [5.41, 5.74) is 2.29. The quantitative estimate of drug-likeness (QED) is 0.859. The molecule has 3 heteroatoms. The van der Waals surface area contributed by atoms with E-state index in [-0.39, 0.29) is 0 Å². The van der Waals surface area contributed by atoms with Gasteiger partial charge in [0.15, 0.2) is 0 Å². The topological polar surface area (TPSA) is 28.4 Å². The van der Waals surface area contributed by atoms with Gasteiger partial charge in [-0.25, -0.2) is 0 Å². The Morgan fingerprint density at radius 3 is 2.85 bits per heavy atom. The number of nitrogens with one attached hydrogen (secondary N) is 1. The molecule has 104 valence electrons. The molecule has 1 aromatic heterocycles. The molecule has 2 aromatic rings. The summed E-state index contributed by atoms with van der Waals surface area (Å²) in [6.45, 7) is 2.24. The second kappa shape index (κ2) is 4.67. The van der Waals surface area contributed by atoms with Gasteiger partial charge in [0.05, 0.1) is 6.04 Å². The number of nitrogens with zero attached hydrogens (tertiary/aromatic N) is 1. The van der Waals surface area contributed by atoms with Gasteiger partial charge in [0.1, 0.15) is 11.3 Å². The Balaban J connectivity index is 1.83. The van der Waals surface area contributed by atoms with E-state index in [0.29, 0.717) is 12.0 Å². The van der Waals surface area contributed by atoms with Crippen LogP contribution in [0.15, 0.2) is 34.9 Å². The first-order chi connectivity index (χ1) is 9.84. The van der Waals surface area contributed by atoms with Crippen molar-refractivity contribution >= 4 is 17.0 Å². The normalized spacial score (nSPS) is 23.2. The largest absolute Gasteiger partial charge is 0.458 e. The van der Waals surface area contributed by atoms with Gasteiger partial charge in [-0.3, -0.25) is 0 Å². The highest BCUT2D eigenvalue weighted by molar-refractivity contribution is 5.89. The van der Waals surface area contributed by atoms with Crippen LogP contribution < -0.4 is 5.32 Å². The van der Waals surface area contributed by atoms with Crippen LogP contribution in [0.1, 0.15) is 30.2 Å². The lowest BCUT2D eigenvalue weighted by Gasteiger charge is -2.37. The van der Waals surface area contributed by atoms with Crippen LogP contribution in [-0.2, 0) is 0 Å². The van der Waals surface area contributed by atoms with Gasteiger partial charge in [-0.2, -0.15) is 0 Å². The minimum absolute atomic E-state index is 0.379. The molecular weight excluding hydrogens is 248 g/mol. The predicted octanol–water partition coefficient (Wildman–Crippen LogP) is 3.39. The summed E-state index contributed by atoms with van der Waals surface area (Å²) >= 11 is 0. The first-order valence-corrected chi connectivity index (χ1v) is 7.47. The van der Waals surface area contributed by atoms with Crippen molar-refractivity contribution in [2.45, 2.75) is 18.9 Å². The molecule has 2 aliphatic heterocycles. The highest BCUT2D eigenvalue weighted by Gasteiger charge is 2.34. The average molecular weight is 268 g/mol. The van der Waals surface area contributed by atoms with Crippen LogP contribution in [0.3, 0.4) is 0 Å². The fraction of sp³-hybridized carbons (Fsp3) is 0.412. The molecule has 0 spiro atoms. The van der Waals surface area contributed by atoms with Crippen molar-refractivity contribution in [2.75, 3.05) is 20.1 Å². The van der Waals surface area contributed by atoms with Crippen molar-refractivity contribution < 1.29 is 4.42 Å². The third-order valence-corrected chi connectivity index (χ3v) is 4.68. The van der Waals surface area contributed by atoms with Gasteiger partial charge in [-0.15, -0.1) is 0 Å². The number of hydrogen-bond acceptors (Lipinski definition) is 3. The van der Waals surface area contributed by atoms with Crippen LogP contribution in [0.5, 0.6) is 0 Å². The number of fused-ring (bicyclic) bond motifs is 3. The van der Waals surface area contributed by atoms with E-state index in [1.54, 1.807) is 0 Å². The molecule has 1 atom stereocenters. The molecule has 3 heterocycles. The molecule has 0 saturated carbocycles. The maximum Gasteiger partial charge on any atom is 0.135 e. The first-order valence-electron chi connectivity index (χ1n) is 7.47. The Hall–Kier alpha value is -1.74. The average Bonchev–Trinajstić information content (AvgIpc) is 2.86. The van der Waals surface area contributed by atoms with Crippen molar-refractivity contribution in [3.05, 3.63) is 41.8 Å².